The highest BCUT2D eigenvalue weighted by atomic mass is 16.1. The molecule has 0 N–H and O–H groups in total. The first-order valence-corrected chi connectivity index (χ1v) is 3.68. The molecule has 0 spiro atoms. The highest BCUT2D eigenvalue weighted by Crippen LogP contribution is 2.12. The molecule has 1 atom stereocenters. The third kappa shape index (κ3) is 1.90. The molecule has 0 aromatic heterocycles. The highest BCUT2D eigenvalue weighted by Gasteiger charge is 2.02. The maximum Gasteiger partial charge on any atom is 0.206 e. The monoisotopic (exact) mass is 147 g/mol. The lowest BCUT2D eigenvalue weighted by molar-refractivity contribution is 0.546. The summed E-state index contributed by atoms with van der Waals surface area (Å²) in [4.78, 5) is 10.3. The van der Waals surface area contributed by atoms with Crippen LogP contribution in [0.2, 0.25) is 0 Å². The summed E-state index contributed by atoms with van der Waals surface area (Å²) in [6.07, 6.45) is 1.95. The molecule has 1 nitrogen and oxygen atoms in total. The second kappa shape index (κ2) is 3.33. The van der Waals surface area contributed by atoms with Gasteiger partial charge in [-0.2, -0.15) is 0 Å². The first kappa shape index (κ1) is 7.99. The number of hydrogen-bond acceptors (Lipinski definition) is 1. The molecule has 0 aliphatic carbocycles. The summed E-state index contributed by atoms with van der Waals surface area (Å²) in [5.41, 5.74) is 2.25. The predicted molar refractivity (Wildman–Crippen MR) is 45.3 cm³/mol. The van der Waals surface area contributed by atoms with E-state index >= 15 is 0 Å². The van der Waals surface area contributed by atoms with Crippen molar-refractivity contribution < 1.29 is 4.79 Å². The van der Waals surface area contributed by atoms with Crippen molar-refractivity contribution in [1.29, 1.82) is 0 Å². The summed E-state index contributed by atoms with van der Waals surface area (Å²) in [5.74, 6) is -0.101. The molecule has 1 aromatic carbocycles. The average molecular weight is 147 g/mol. The summed E-state index contributed by atoms with van der Waals surface area (Å²) in [6, 6.07) is 7.93. The molecule has 0 saturated heterocycles. The van der Waals surface area contributed by atoms with Crippen LogP contribution in [0.25, 0.3) is 0 Å². The lowest BCUT2D eigenvalue weighted by Gasteiger charge is -2.01. The predicted octanol–water partition coefficient (Wildman–Crippen LogP) is 2.21. The summed E-state index contributed by atoms with van der Waals surface area (Å²) in [5, 5.41) is 0. The van der Waals surface area contributed by atoms with Gasteiger partial charge in [0.15, 0.2) is 0 Å². The van der Waals surface area contributed by atoms with Crippen molar-refractivity contribution in [3.63, 3.8) is 0 Å². The van der Waals surface area contributed by atoms with Gasteiger partial charge in [-0.25, -0.2) is 0 Å². The van der Waals surface area contributed by atoms with E-state index in [0.29, 0.717) is 0 Å². The van der Waals surface area contributed by atoms with Gasteiger partial charge in [0.05, 0.1) is 0 Å². The minimum atomic E-state index is -0.101. The van der Waals surface area contributed by atoms with E-state index in [0.717, 1.165) is 5.56 Å². The third-order valence-electron chi connectivity index (χ3n) is 1.75. The van der Waals surface area contributed by atoms with Crippen molar-refractivity contribution >= 4 is 6.29 Å². The molecule has 1 unspecified atom stereocenters. The molecule has 1 radical (unpaired) electrons. The molecule has 57 valence electrons. The lowest BCUT2D eigenvalue weighted by Crippen LogP contribution is -1.93. The van der Waals surface area contributed by atoms with E-state index in [4.69, 9.17) is 0 Å². The van der Waals surface area contributed by atoms with Crippen LogP contribution in [0.3, 0.4) is 0 Å². The maximum absolute atomic E-state index is 10.3. The number of hydrogen-bond donors (Lipinski definition) is 0. The van der Waals surface area contributed by atoms with E-state index in [-0.39, 0.29) is 5.92 Å². The van der Waals surface area contributed by atoms with Crippen molar-refractivity contribution in [3.8, 4) is 0 Å². The Morgan fingerprint density at radius 1 is 1.27 bits per heavy atom. The van der Waals surface area contributed by atoms with Gasteiger partial charge in [-0.05, 0) is 12.5 Å². The highest BCUT2D eigenvalue weighted by molar-refractivity contribution is 5.62. The first-order chi connectivity index (χ1) is 5.24. The Morgan fingerprint density at radius 3 is 2.27 bits per heavy atom. The Balaban J connectivity index is 2.89. The van der Waals surface area contributed by atoms with Crippen LogP contribution in [0.5, 0.6) is 0 Å². The smallest absolute Gasteiger partial charge is 0.206 e. The zero-order valence-corrected chi connectivity index (χ0v) is 6.79. The zero-order chi connectivity index (χ0) is 8.27. The van der Waals surface area contributed by atoms with E-state index in [1.165, 1.54) is 5.56 Å². The Bertz CT molecular complexity index is 236. The van der Waals surface area contributed by atoms with Gasteiger partial charge < -0.3 is 0 Å². The van der Waals surface area contributed by atoms with E-state index < -0.39 is 0 Å². The van der Waals surface area contributed by atoms with E-state index in [9.17, 15) is 4.79 Å². The molecule has 1 rings (SSSR count). The van der Waals surface area contributed by atoms with Crippen LogP contribution in [-0.4, -0.2) is 6.29 Å². The van der Waals surface area contributed by atoms with Gasteiger partial charge in [0.25, 0.3) is 0 Å². The van der Waals surface area contributed by atoms with Crippen molar-refractivity contribution in [2.75, 3.05) is 0 Å². The molecule has 0 saturated carbocycles. The number of carbonyl (C=O) groups excluding carboxylic acids is 1. The topological polar surface area (TPSA) is 17.1 Å². The summed E-state index contributed by atoms with van der Waals surface area (Å²) in [6.45, 7) is 3.87. The summed E-state index contributed by atoms with van der Waals surface area (Å²) in [7, 11) is 0. The van der Waals surface area contributed by atoms with Gasteiger partial charge >= 0.3 is 0 Å². The second-order valence-corrected chi connectivity index (χ2v) is 2.75. The van der Waals surface area contributed by atoms with E-state index in [1.807, 2.05) is 44.4 Å². The van der Waals surface area contributed by atoms with Gasteiger partial charge in [0, 0.05) is 5.92 Å². The average Bonchev–Trinajstić information content (AvgIpc) is 2.05. The molecule has 1 aromatic rings. The number of aryl methyl sites for hydroxylation is 1. The summed E-state index contributed by atoms with van der Waals surface area (Å²) >= 11 is 0. The van der Waals surface area contributed by atoms with Crippen molar-refractivity contribution in [1.82, 2.24) is 0 Å². The van der Waals surface area contributed by atoms with Gasteiger partial charge in [-0.1, -0.05) is 36.8 Å². The third-order valence-corrected chi connectivity index (χ3v) is 1.75. The molecular weight excluding hydrogens is 136 g/mol. The Hall–Kier alpha value is -1.11. The molecule has 0 amide bonds. The normalized spacial score (nSPS) is 12.5. The molecular formula is C10H11O. The fourth-order valence-electron chi connectivity index (χ4n) is 0.923. The van der Waals surface area contributed by atoms with Crippen LogP contribution in [-0.2, 0) is 4.79 Å². The Labute approximate surface area is 67.1 Å². The minimum absolute atomic E-state index is 0.101. The van der Waals surface area contributed by atoms with Crippen LogP contribution in [0.15, 0.2) is 24.3 Å². The molecule has 0 bridgehead atoms. The van der Waals surface area contributed by atoms with Crippen LogP contribution < -0.4 is 0 Å². The van der Waals surface area contributed by atoms with Crippen molar-refractivity contribution in [2.24, 2.45) is 0 Å². The van der Waals surface area contributed by atoms with E-state index in [2.05, 4.69) is 0 Å². The number of rotatable bonds is 2. The van der Waals surface area contributed by atoms with Gasteiger partial charge in [0.1, 0.15) is 0 Å². The largest absolute Gasteiger partial charge is 0.290 e. The number of benzene rings is 1. The van der Waals surface area contributed by atoms with Crippen LogP contribution >= 0.6 is 0 Å². The van der Waals surface area contributed by atoms with Crippen LogP contribution in [0.4, 0.5) is 0 Å². The van der Waals surface area contributed by atoms with Crippen molar-refractivity contribution in [2.45, 2.75) is 19.8 Å². The van der Waals surface area contributed by atoms with Crippen LogP contribution in [0, 0.1) is 6.92 Å². The standard InChI is InChI=1S/C10H11O/c1-8-3-5-10(6-4-8)9(2)7-11/h3-6,9H,1-2H3. The lowest BCUT2D eigenvalue weighted by atomic mass is 10.0. The van der Waals surface area contributed by atoms with Gasteiger partial charge in [0.2, 0.25) is 6.29 Å². The SMILES string of the molecule is Cc1ccc(C(C)[C]=O)cc1. The molecule has 0 fully saturated rings. The Morgan fingerprint density at radius 2 is 1.82 bits per heavy atom. The minimum Gasteiger partial charge on any atom is -0.290 e. The van der Waals surface area contributed by atoms with E-state index in [1.54, 1.807) is 0 Å². The Kier molecular flexibility index (Phi) is 2.42. The molecule has 0 aliphatic rings. The molecule has 0 heterocycles. The molecule has 1 heteroatoms. The molecule has 0 aliphatic heterocycles. The quantitative estimate of drug-likeness (QED) is 0.626. The first-order valence-electron chi connectivity index (χ1n) is 3.68. The summed E-state index contributed by atoms with van der Waals surface area (Å²) < 4.78 is 0. The van der Waals surface area contributed by atoms with Gasteiger partial charge in [-0.3, -0.25) is 4.79 Å². The van der Waals surface area contributed by atoms with Crippen LogP contribution in [0.1, 0.15) is 24.0 Å². The fraction of sp³-hybridized carbons (Fsp3) is 0.300. The zero-order valence-electron chi connectivity index (χ0n) is 6.79. The molecule has 11 heavy (non-hydrogen) atoms. The van der Waals surface area contributed by atoms with Crippen molar-refractivity contribution in [3.05, 3.63) is 35.4 Å². The second-order valence-electron chi connectivity index (χ2n) is 2.75. The fourth-order valence-corrected chi connectivity index (χ4v) is 0.923. The maximum atomic E-state index is 10.3. The van der Waals surface area contributed by atoms with Gasteiger partial charge in [-0.15, -0.1) is 0 Å².